The molecular weight excluding hydrogens is 254 g/mol. The minimum Gasteiger partial charge on any atom is -0.379 e. The fourth-order valence-electron chi connectivity index (χ4n) is 2.41. The van der Waals surface area contributed by atoms with E-state index in [1.165, 1.54) is 0 Å². The van der Waals surface area contributed by atoms with Crippen LogP contribution in [-0.4, -0.2) is 47.6 Å². The van der Waals surface area contributed by atoms with Crippen molar-refractivity contribution in [2.45, 2.75) is 32.7 Å². The van der Waals surface area contributed by atoms with Gasteiger partial charge in [-0.2, -0.15) is 0 Å². The molecule has 110 valence electrons. The summed E-state index contributed by atoms with van der Waals surface area (Å²) in [6.45, 7) is 8.93. The number of hydrogen-bond donors (Lipinski definition) is 1. The van der Waals surface area contributed by atoms with E-state index in [9.17, 15) is 4.79 Å². The van der Waals surface area contributed by atoms with Gasteiger partial charge in [0.05, 0.1) is 12.1 Å². The van der Waals surface area contributed by atoms with Gasteiger partial charge in [0.15, 0.2) is 0 Å². The topological polar surface area (TPSA) is 54.5 Å². The molecule has 2 rings (SSSR count). The molecule has 1 aromatic rings. The Kier molecular flexibility index (Phi) is 4.60. The molecule has 0 radical (unpaired) electrons. The first-order valence-corrected chi connectivity index (χ1v) is 7.19. The van der Waals surface area contributed by atoms with Crippen LogP contribution in [0.15, 0.2) is 18.3 Å². The Morgan fingerprint density at radius 2 is 2.25 bits per heavy atom. The fourth-order valence-corrected chi connectivity index (χ4v) is 2.41. The van der Waals surface area contributed by atoms with Crippen LogP contribution in [0.5, 0.6) is 0 Å². The maximum absolute atomic E-state index is 12.3. The van der Waals surface area contributed by atoms with Gasteiger partial charge >= 0.3 is 0 Å². The Labute approximate surface area is 120 Å². The molecule has 20 heavy (non-hydrogen) atoms. The van der Waals surface area contributed by atoms with Crippen LogP contribution in [0.25, 0.3) is 0 Å². The summed E-state index contributed by atoms with van der Waals surface area (Å²) in [5.74, 6) is -0.0218. The van der Waals surface area contributed by atoms with Gasteiger partial charge in [-0.05, 0) is 39.3 Å². The van der Waals surface area contributed by atoms with Crippen LogP contribution in [0.4, 0.5) is 5.69 Å². The monoisotopic (exact) mass is 277 g/mol. The number of anilines is 1. The third kappa shape index (κ3) is 3.28. The molecule has 1 aliphatic rings. The zero-order valence-electron chi connectivity index (χ0n) is 12.5. The Morgan fingerprint density at radius 1 is 1.50 bits per heavy atom. The van der Waals surface area contributed by atoms with Crippen molar-refractivity contribution < 1.29 is 9.53 Å². The molecule has 0 spiro atoms. The van der Waals surface area contributed by atoms with E-state index in [0.717, 1.165) is 18.7 Å². The number of pyridine rings is 1. The Bertz CT molecular complexity index is 466. The fraction of sp³-hybridized carbons (Fsp3) is 0.600. The summed E-state index contributed by atoms with van der Waals surface area (Å²) in [5.41, 5.74) is 1.35. The van der Waals surface area contributed by atoms with Crippen molar-refractivity contribution in [3.63, 3.8) is 0 Å². The average Bonchev–Trinajstić information content (AvgIpc) is 2.86. The van der Waals surface area contributed by atoms with Gasteiger partial charge in [-0.25, -0.2) is 0 Å². The molecule has 1 N–H and O–H groups in total. The van der Waals surface area contributed by atoms with Crippen molar-refractivity contribution in [3.05, 3.63) is 24.0 Å². The number of ether oxygens (including phenoxy) is 1. The number of carbonyl (C=O) groups excluding carboxylic acids is 1. The minimum absolute atomic E-state index is 0.0218. The summed E-state index contributed by atoms with van der Waals surface area (Å²) in [6, 6.07) is 3.72. The van der Waals surface area contributed by atoms with Crippen molar-refractivity contribution in [3.8, 4) is 0 Å². The third-order valence-corrected chi connectivity index (χ3v) is 3.69. The van der Waals surface area contributed by atoms with E-state index >= 15 is 0 Å². The van der Waals surface area contributed by atoms with Crippen LogP contribution in [0, 0.1) is 0 Å². The van der Waals surface area contributed by atoms with Gasteiger partial charge in [-0.15, -0.1) is 0 Å². The third-order valence-electron chi connectivity index (χ3n) is 3.69. The molecule has 1 fully saturated rings. The summed E-state index contributed by atoms with van der Waals surface area (Å²) < 4.78 is 5.43. The van der Waals surface area contributed by atoms with E-state index in [1.807, 2.05) is 26.0 Å². The summed E-state index contributed by atoms with van der Waals surface area (Å²) in [4.78, 5) is 18.2. The number of amides is 1. The van der Waals surface area contributed by atoms with E-state index < -0.39 is 0 Å². The van der Waals surface area contributed by atoms with Crippen molar-refractivity contribution in [1.29, 1.82) is 0 Å². The van der Waals surface area contributed by atoms with Gasteiger partial charge in [-0.3, -0.25) is 9.78 Å². The largest absolute Gasteiger partial charge is 0.379 e. The van der Waals surface area contributed by atoms with Crippen molar-refractivity contribution in [2.75, 3.05) is 31.6 Å². The second-order valence-corrected chi connectivity index (χ2v) is 5.40. The summed E-state index contributed by atoms with van der Waals surface area (Å²) >= 11 is 0. The van der Waals surface area contributed by atoms with Gasteiger partial charge in [0.25, 0.3) is 5.91 Å². The van der Waals surface area contributed by atoms with E-state index in [-0.39, 0.29) is 11.4 Å². The summed E-state index contributed by atoms with van der Waals surface area (Å²) in [7, 11) is 0. The van der Waals surface area contributed by atoms with Crippen LogP contribution in [0.2, 0.25) is 0 Å². The second-order valence-electron chi connectivity index (χ2n) is 5.40. The van der Waals surface area contributed by atoms with Crippen LogP contribution in [0.1, 0.15) is 37.7 Å². The first-order chi connectivity index (χ1) is 9.58. The maximum Gasteiger partial charge on any atom is 0.272 e. The molecule has 5 heteroatoms. The van der Waals surface area contributed by atoms with Gasteiger partial charge in [-0.1, -0.05) is 0 Å². The lowest BCUT2D eigenvalue weighted by Crippen LogP contribution is -2.35. The van der Waals surface area contributed by atoms with Gasteiger partial charge in [0.1, 0.15) is 5.69 Å². The van der Waals surface area contributed by atoms with Crippen LogP contribution in [0.3, 0.4) is 0 Å². The molecule has 1 atom stereocenters. The summed E-state index contributed by atoms with van der Waals surface area (Å²) in [5, 5.41) is 3.45. The minimum atomic E-state index is -0.0587. The second kappa shape index (κ2) is 6.22. The Hall–Kier alpha value is -1.62. The lowest BCUT2D eigenvalue weighted by atomic mass is 10.0. The highest BCUT2D eigenvalue weighted by molar-refractivity contribution is 5.93. The van der Waals surface area contributed by atoms with E-state index in [2.05, 4.69) is 17.2 Å². The molecule has 5 nitrogen and oxygen atoms in total. The molecule has 1 aromatic heterocycles. The van der Waals surface area contributed by atoms with Crippen LogP contribution in [-0.2, 0) is 4.74 Å². The zero-order valence-corrected chi connectivity index (χ0v) is 12.5. The SMILES string of the molecule is CCN(CC)C(=O)c1cc(NC2(C)CCOC2)ccn1. The molecule has 0 bridgehead atoms. The quantitative estimate of drug-likeness (QED) is 0.896. The molecule has 1 aliphatic heterocycles. The molecule has 0 aliphatic carbocycles. The summed E-state index contributed by atoms with van der Waals surface area (Å²) in [6.07, 6.45) is 2.65. The maximum atomic E-state index is 12.3. The van der Waals surface area contributed by atoms with E-state index in [0.29, 0.717) is 25.4 Å². The first-order valence-electron chi connectivity index (χ1n) is 7.19. The van der Waals surface area contributed by atoms with Gasteiger partial charge in [0, 0.05) is 31.6 Å². The standard InChI is InChI=1S/C15H23N3O2/c1-4-18(5-2)14(19)13-10-12(6-8-16-13)17-15(3)7-9-20-11-15/h6,8,10H,4-5,7,9,11H2,1-3H3,(H,16,17). The molecule has 0 saturated carbocycles. The predicted molar refractivity (Wildman–Crippen MR) is 79.0 cm³/mol. The highest BCUT2D eigenvalue weighted by atomic mass is 16.5. The van der Waals surface area contributed by atoms with Crippen LogP contribution < -0.4 is 5.32 Å². The van der Waals surface area contributed by atoms with Gasteiger partial charge in [0.2, 0.25) is 0 Å². The molecule has 1 saturated heterocycles. The van der Waals surface area contributed by atoms with E-state index in [1.54, 1.807) is 11.1 Å². The molecular formula is C15H23N3O2. The first kappa shape index (κ1) is 14.8. The number of nitrogens with zero attached hydrogens (tertiary/aromatic N) is 2. The Balaban J connectivity index is 2.13. The number of hydrogen-bond acceptors (Lipinski definition) is 4. The lowest BCUT2D eigenvalue weighted by molar-refractivity contribution is 0.0767. The van der Waals surface area contributed by atoms with Crippen LogP contribution >= 0.6 is 0 Å². The number of aromatic nitrogens is 1. The lowest BCUT2D eigenvalue weighted by Gasteiger charge is -2.25. The zero-order chi connectivity index (χ0) is 14.6. The smallest absolute Gasteiger partial charge is 0.272 e. The highest BCUT2D eigenvalue weighted by Crippen LogP contribution is 2.24. The molecule has 0 aromatic carbocycles. The highest BCUT2D eigenvalue weighted by Gasteiger charge is 2.29. The van der Waals surface area contributed by atoms with E-state index in [4.69, 9.17) is 4.74 Å². The number of rotatable bonds is 5. The number of carbonyl (C=O) groups is 1. The molecule has 2 heterocycles. The van der Waals surface area contributed by atoms with Crippen molar-refractivity contribution in [2.24, 2.45) is 0 Å². The van der Waals surface area contributed by atoms with Gasteiger partial charge < -0.3 is 15.0 Å². The van der Waals surface area contributed by atoms with Crippen molar-refractivity contribution in [1.82, 2.24) is 9.88 Å². The molecule has 1 amide bonds. The molecule has 1 unspecified atom stereocenters. The normalized spacial score (nSPS) is 21.8. The number of nitrogens with one attached hydrogen (secondary N) is 1. The Morgan fingerprint density at radius 3 is 2.85 bits per heavy atom. The van der Waals surface area contributed by atoms with Crippen molar-refractivity contribution >= 4 is 11.6 Å². The predicted octanol–water partition coefficient (Wildman–Crippen LogP) is 2.15. The average molecular weight is 277 g/mol.